The first-order valence-corrected chi connectivity index (χ1v) is 12.1. The highest BCUT2D eigenvalue weighted by Gasteiger charge is 2.27. The Balaban J connectivity index is 1.54. The number of urea groups is 1. The van der Waals surface area contributed by atoms with Gasteiger partial charge in [0.25, 0.3) is 0 Å². The highest BCUT2D eigenvalue weighted by molar-refractivity contribution is 6.01. The molecule has 1 saturated heterocycles. The minimum Gasteiger partial charge on any atom is -0.383 e. The number of fused-ring (bicyclic) bond motifs is 1. The smallest absolute Gasteiger partial charge is 0.328 e. The number of hydrogen-bond acceptors (Lipinski definition) is 9. The van der Waals surface area contributed by atoms with Crippen molar-refractivity contribution in [2.24, 2.45) is 0 Å². The molecule has 2 N–H and O–H groups in total. The van der Waals surface area contributed by atoms with Crippen molar-refractivity contribution in [3.05, 3.63) is 40.7 Å². The molecule has 3 amide bonds. The molecule has 2 aliphatic heterocycles. The lowest BCUT2D eigenvalue weighted by molar-refractivity contribution is -0.134. The van der Waals surface area contributed by atoms with Gasteiger partial charge < -0.3 is 19.7 Å². The van der Waals surface area contributed by atoms with Gasteiger partial charge in [0.2, 0.25) is 5.91 Å². The van der Waals surface area contributed by atoms with Gasteiger partial charge in [-0.05, 0) is 30.9 Å². The molecule has 194 valence electrons. The van der Waals surface area contributed by atoms with Gasteiger partial charge in [-0.15, -0.1) is 0 Å². The number of nitrogens with zero attached hydrogens (tertiary/aromatic N) is 5. The minimum absolute atomic E-state index is 0.0236. The lowest BCUT2D eigenvalue weighted by atomic mass is 10.0. The average Bonchev–Trinajstić information content (AvgIpc) is 3.11. The summed E-state index contributed by atoms with van der Waals surface area (Å²) < 4.78 is 10.3. The van der Waals surface area contributed by atoms with Crippen molar-refractivity contribution in [3.63, 3.8) is 0 Å². The van der Waals surface area contributed by atoms with Crippen molar-refractivity contribution in [1.29, 1.82) is 5.26 Å². The van der Waals surface area contributed by atoms with E-state index >= 15 is 0 Å². The topological polar surface area (TPSA) is 150 Å². The minimum atomic E-state index is -0.446. The molecule has 12 nitrogen and oxygen atoms in total. The van der Waals surface area contributed by atoms with Gasteiger partial charge in [0.05, 0.1) is 17.9 Å². The number of carbonyl (C=O) groups is 3. The van der Waals surface area contributed by atoms with Gasteiger partial charge in [0, 0.05) is 57.7 Å². The largest absolute Gasteiger partial charge is 0.383 e. The normalized spacial score (nSPS) is 15.4. The third kappa shape index (κ3) is 6.19. The summed E-state index contributed by atoms with van der Waals surface area (Å²) in [5.41, 5.74) is 2.54. The number of hydrogen-bond donors (Lipinski definition) is 2. The lowest BCUT2D eigenvalue weighted by Gasteiger charge is -2.30. The van der Waals surface area contributed by atoms with Gasteiger partial charge in [-0.2, -0.15) is 5.26 Å². The quantitative estimate of drug-likeness (QED) is 0.404. The average molecular weight is 508 g/mol. The molecule has 0 unspecified atom stereocenters. The fourth-order valence-corrected chi connectivity index (χ4v) is 4.31. The molecule has 0 atom stereocenters. The first-order chi connectivity index (χ1) is 18.0. The summed E-state index contributed by atoms with van der Waals surface area (Å²) in [7, 11) is 1.58. The predicted molar refractivity (Wildman–Crippen MR) is 134 cm³/mol. The molecule has 2 aromatic rings. The Hall–Kier alpha value is -4.08. The van der Waals surface area contributed by atoms with E-state index < -0.39 is 6.03 Å². The van der Waals surface area contributed by atoms with Crippen LogP contribution in [-0.2, 0) is 27.2 Å². The van der Waals surface area contributed by atoms with Crippen LogP contribution in [0.25, 0.3) is 0 Å². The molecule has 2 aliphatic rings. The molecule has 12 heteroatoms. The molecule has 0 bridgehead atoms. The molecule has 4 rings (SSSR count). The first-order valence-electron chi connectivity index (χ1n) is 12.1. The molecule has 0 radical (unpaired) electrons. The number of rotatable bonds is 8. The third-order valence-electron chi connectivity index (χ3n) is 6.17. The Kier molecular flexibility index (Phi) is 8.60. The Bertz CT molecular complexity index is 1210. The number of aromatic nitrogens is 2. The fourth-order valence-electron chi connectivity index (χ4n) is 4.31. The number of aryl methyl sites for hydroxylation is 1. The van der Waals surface area contributed by atoms with Crippen molar-refractivity contribution in [2.45, 2.75) is 25.8 Å². The maximum absolute atomic E-state index is 13.2. The monoisotopic (exact) mass is 507 g/mol. The summed E-state index contributed by atoms with van der Waals surface area (Å²) in [6, 6.07) is 5.08. The number of nitriles is 1. The van der Waals surface area contributed by atoms with E-state index in [0.717, 1.165) is 12.0 Å². The van der Waals surface area contributed by atoms with Crippen LogP contribution in [0.3, 0.4) is 0 Å². The number of nitrogens with one attached hydrogen (secondary N) is 2. The summed E-state index contributed by atoms with van der Waals surface area (Å²) >= 11 is 0. The van der Waals surface area contributed by atoms with E-state index in [2.05, 4.69) is 26.7 Å². The second-order valence-electron chi connectivity index (χ2n) is 8.69. The van der Waals surface area contributed by atoms with Gasteiger partial charge in [0.15, 0.2) is 6.29 Å². The Morgan fingerprint density at radius 1 is 1.32 bits per heavy atom. The van der Waals surface area contributed by atoms with Gasteiger partial charge in [-0.25, -0.2) is 14.8 Å². The highest BCUT2D eigenvalue weighted by atomic mass is 16.5. The van der Waals surface area contributed by atoms with Gasteiger partial charge in [-0.1, -0.05) is 0 Å². The van der Waals surface area contributed by atoms with Crippen LogP contribution in [0.2, 0.25) is 0 Å². The van der Waals surface area contributed by atoms with E-state index in [0.29, 0.717) is 74.6 Å². The van der Waals surface area contributed by atoms with Crippen LogP contribution >= 0.6 is 0 Å². The van der Waals surface area contributed by atoms with Gasteiger partial charge in [0.1, 0.15) is 30.0 Å². The molecular weight excluding hydrogens is 478 g/mol. The highest BCUT2D eigenvalue weighted by Crippen LogP contribution is 2.29. The maximum atomic E-state index is 13.2. The number of carbonyl (C=O) groups excluding carboxylic acids is 3. The van der Waals surface area contributed by atoms with E-state index in [4.69, 9.17) is 9.47 Å². The molecule has 0 spiro atoms. The Labute approximate surface area is 214 Å². The number of amides is 3. The Morgan fingerprint density at radius 3 is 2.97 bits per heavy atom. The van der Waals surface area contributed by atoms with Crippen LogP contribution in [0.15, 0.2) is 18.3 Å². The van der Waals surface area contributed by atoms with E-state index in [1.54, 1.807) is 18.1 Å². The zero-order valence-corrected chi connectivity index (χ0v) is 20.7. The molecule has 2 aromatic heterocycles. The number of aldehydes is 1. The Morgan fingerprint density at radius 2 is 2.19 bits per heavy atom. The fraction of sp³-hybridized carbons (Fsp3) is 0.440. The summed E-state index contributed by atoms with van der Waals surface area (Å²) in [6.45, 7) is 2.70. The summed E-state index contributed by atoms with van der Waals surface area (Å²) in [6.07, 6.45) is 4.17. The predicted octanol–water partition coefficient (Wildman–Crippen LogP) is 1.95. The standard InChI is InChI=1S/C25H29N7O5/c1-36-9-5-27-20-11-22(28-13-19(20)12-26)30-25(35)32-7-2-4-17-10-18(21(15-33)29-24(17)32)14-31-6-3-8-37-16-23(31)34/h10-11,13,15H,2-9,14,16H2,1H3,(H2,27,28,30,35). The number of anilines is 3. The summed E-state index contributed by atoms with van der Waals surface area (Å²) in [5.74, 6) is 0.552. The molecule has 1 fully saturated rings. The molecule has 37 heavy (non-hydrogen) atoms. The van der Waals surface area contributed by atoms with E-state index in [9.17, 15) is 19.6 Å². The van der Waals surface area contributed by atoms with Crippen LogP contribution in [0.1, 0.15) is 40.0 Å². The first kappa shape index (κ1) is 26.0. The van der Waals surface area contributed by atoms with Crippen molar-refractivity contribution >= 4 is 35.5 Å². The van der Waals surface area contributed by atoms with Crippen LogP contribution in [0.5, 0.6) is 0 Å². The summed E-state index contributed by atoms with van der Waals surface area (Å²) in [5, 5.41) is 15.2. The van der Waals surface area contributed by atoms with Gasteiger partial charge >= 0.3 is 6.03 Å². The lowest BCUT2D eigenvalue weighted by Crippen LogP contribution is -2.40. The van der Waals surface area contributed by atoms with Gasteiger partial charge in [-0.3, -0.25) is 19.8 Å². The third-order valence-corrected chi connectivity index (χ3v) is 6.17. The van der Waals surface area contributed by atoms with Crippen LogP contribution in [-0.4, -0.2) is 79.7 Å². The molecular formula is C25H29N7O5. The van der Waals surface area contributed by atoms with Crippen molar-refractivity contribution in [2.75, 3.05) is 62.1 Å². The number of ether oxygens (including phenoxy) is 2. The van der Waals surface area contributed by atoms with Crippen LogP contribution < -0.4 is 15.5 Å². The molecule has 0 aliphatic carbocycles. The zero-order chi connectivity index (χ0) is 26.2. The second-order valence-corrected chi connectivity index (χ2v) is 8.69. The summed E-state index contributed by atoms with van der Waals surface area (Å²) in [4.78, 5) is 49.3. The zero-order valence-electron chi connectivity index (χ0n) is 20.7. The maximum Gasteiger partial charge on any atom is 0.328 e. The molecule has 0 saturated carbocycles. The van der Waals surface area contributed by atoms with Crippen LogP contribution in [0, 0.1) is 11.3 Å². The van der Waals surface area contributed by atoms with Crippen molar-refractivity contribution < 1.29 is 23.9 Å². The van der Waals surface area contributed by atoms with E-state index in [1.165, 1.54) is 11.1 Å². The van der Waals surface area contributed by atoms with Crippen LogP contribution in [0.4, 0.5) is 22.1 Å². The van der Waals surface area contributed by atoms with E-state index in [-0.39, 0.29) is 30.6 Å². The van der Waals surface area contributed by atoms with Crippen molar-refractivity contribution in [3.8, 4) is 6.07 Å². The molecule has 0 aromatic carbocycles. The number of methoxy groups -OCH3 is 1. The molecule has 4 heterocycles. The second kappa shape index (κ2) is 12.2. The van der Waals surface area contributed by atoms with Crippen molar-refractivity contribution in [1.82, 2.24) is 14.9 Å². The van der Waals surface area contributed by atoms with E-state index in [1.807, 2.05) is 6.07 Å². The SMILES string of the molecule is COCCNc1cc(NC(=O)N2CCCc3cc(CN4CCCOCC4=O)c(C=O)nc32)ncc1C#N. The number of pyridine rings is 2.